The molecular formula is C74H116NO8+. The van der Waals surface area contributed by atoms with Crippen molar-refractivity contribution in [1.82, 2.24) is 0 Å². The van der Waals surface area contributed by atoms with E-state index in [1.54, 1.807) is 0 Å². The number of carboxylic acid groups (broad SMARTS) is 1. The molecule has 0 saturated carbocycles. The lowest BCUT2D eigenvalue weighted by Crippen LogP contribution is -2.40. The van der Waals surface area contributed by atoms with Crippen LogP contribution >= 0.6 is 0 Å². The molecule has 0 aromatic carbocycles. The van der Waals surface area contributed by atoms with Gasteiger partial charge in [0.05, 0.1) is 34.4 Å². The third kappa shape index (κ3) is 63.8. The molecule has 1 N–H and O–H groups in total. The van der Waals surface area contributed by atoms with E-state index in [9.17, 15) is 19.5 Å². The van der Waals surface area contributed by atoms with Gasteiger partial charge in [-0.1, -0.05) is 241 Å². The Morgan fingerprint density at radius 1 is 0.361 bits per heavy atom. The Bertz CT molecular complexity index is 2010. The van der Waals surface area contributed by atoms with Crippen LogP contribution in [0.5, 0.6) is 0 Å². The molecule has 0 bridgehead atoms. The third-order valence-corrected chi connectivity index (χ3v) is 12.7. The van der Waals surface area contributed by atoms with Crippen LogP contribution in [-0.2, 0) is 33.3 Å². The normalized spacial score (nSPS) is 14.0. The molecule has 0 aliphatic carbocycles. The number of quaternary nitrogens is 1. The number of likely N-dealkylation sites (N-methyl/N-ethyl adjacent to an activating group) is 1. The fraction of sp³-hybridized carbons (Fsp3) is 0.554. The first-order chi connectivity index (χ1) is 40.6. The highest BCUT2D eigenvalue weighted by Crippen LogP contribution is 2.13. The maximum Gasteiger partial charge on any atom is 0.361 e. The van der Waals surface area contributed by atoms with Gasteiger partial charge in [-0.25, -0.2) is 4.79 Å². The molecule has 0 fully saturated rings. The molecule has 83 heavy (non-hydrogen) atoms. The molecule has 9 heteroatoms. The Morgan fingerprint density at radius 3 is 0.964 bits per heavy atom. The lowest BCUT2D eigenvalue weighted by atomic mass is 10.1. The maximum atomic E-state index is 12.9. The van der Waals surface area contributed by atoms with Crippen LogP contribution in [-0.4, -0.2) is 87.4 Å². The summed E-state index contributed by atoms with van der Waals surface area (Å²) < 4.78 is 22.9. The van der Waals surface area contributed by atoms with Crippen LogP contribution in [0.1, 0.15) is 206 Å². The van der Waals surface area contributed by atoms with Crippen LogP contribution in [0.25, 0.3) is 0 Å². The van der Waals surface area contributed by atoms with Crippen LogP contribution in [0, 0.1) is 0 Å². The zero-order chi connectivity index (χ0) is 60.5. The van der Waals surface area contributed by atoms with Crippen LogP contribution in [0.4, 0.5) is 0 Å². The fourth-order valence-corrected chi connectivity index (χ4v) is 7.83. The van der Waals surface area contributed by atoms with Gasteiger partial charge in [-0.15, -0.1) is 0 Å². The van der Waals surface area contributed by atoms with Gasteiger partial charge in [0.2, 0.25) is 0 Å². The molecule has 0 radical (unpaired) electrons. The van der Waals surface area contributed by atoms with Crippen LogP contribution in [0.15, 0.2) is 182 Å². The molecule has 0 heterocycles. The van der Waals surface area contributed by atoms with E-state index < -0.39 is 24.3 Å². The zero-order valence-corrected chi connectivity index (χ0v) is 52.8. The molecule has 0 aliphatic rings. The highest BCUT2D eigenvalue weighted by atomic mass is 16.7. The number of allylic oxidation sites excluding steroid dienone is 30. The van der Waals surface area contributed by atoms with E-state index in [1.807, 2.05) is 21.1 Å². The Labute approximate surface area is 507 Å². The van der Waals surface area contributed by atoms with E-state index in [-0.39, 0.29) is 38.6 Å². The number of hydrogen-bond acceptors (Lipinski definition) is 7. The van der Waals surface area contributed by atoms with E-state index >= 15 is 0 Å². The first-order valence-electron chi connectivity index (χ1n) is 31.9. The number of esters is 2. The van der Waals surface area contributed by atoms with Crippen molar-refractivity contribution < 1.29 is 42.9 Å². The standard InChI is InChI=1S/C74H115NO8/c1-6-8-10-12-14-16-18-20-22-24-26-28-30-32-34-36-38-40-42-44-46-48-50-52-54-56-58-60-62-64-71(76)81-68-70(69-82-74(73(78)79)80-67-66-75(3,4)5)83-72(77)65-63-61-59-57-55-53-51-49-47-45-43-41-39-37-35-33-31-29-27-25-23-21-19-17-15-13-11-9-7-2/h8-11,14-17,20-23,26-29,32-35,38-41,44-47,51,53,70,74H,6-7,12-13,18-19,24-25,30-31,36-37,42-43,48-50,52,54-69H2,1-5H3/p+1/b10-8-,11-9-,16-14-,17-15-,22-20-,23-21-,28-26-,29-27-,34-32-,35-33-,40-38-,41-39-,46-44-,47-45-,53-51-. The number of carboxylic acids is 1. The molecule has 2 unspecified atom stereocenters. The summed E-state index contributed by atoms with van der Waals surface area (Å²) in [6.45, 7) is 4.57. The van der Waals surface area contributed by atoms with Gasteiger partial charge >= 0.3 is 17.9 Å². The van der Waals surface area contributed by atoms with Gasteiger partial charge in [0.15, 0.2) is 6.10 Å². The Balaban J connectivity index is 4.35. The van der Waals surface area contributed by atoms with E-state index in [2.05, 4.69) is 196 Å². The summed E-state index contributed by atoms with van der Waals surface area (Å²) in [5.74, 6) is -2.08. The number of carbonyl (C=O) groups excluding carboxylic acids is 2. The van der Waals surface area contributed by atoms with Crippen molar-refractivity contribution in [3.63, 3.8) is 0 Å². The number of unbranched alkanes of at least 4 members (excludes halogenated alkanes) is 11. The van der Waals surface area contributed by atoms with Crippen molar-refractivity contribution in [3.05, 3.63) is 182 Å². The first-order valence-corrected chi connectivity index (χ1v) is 31.9. The second-order valence-corrected chi connectivity index (χ2v) is 21.6. The third-order valence-electron chi connectivity index (χ3n) is 12.7. The van der Waals surface area contributed by atoms with Crippen molar-refractivity contribution in [1.29, 1.82) is 0 Å². The second-order valence-electron chi connectivity index (χ2n) is 21.6. The van der Waals surface area contributed by atoms with Gasteiger partial charge < -0.3 is 28.5 Å². The number of nitrogens with zero attached hydrogens (tertiary/aromatic N) is 1. The lowest BCUT2D eigenvalue weighted by Gasteiger charge is -2.25. The minimum atomic E-state index is -1.53. The lowest BCUT2D eigenvalue weighted by molar-refractivity contribution is -0.870. The summed E-state index contributed by atoms with van der Waals surface area (Å²) in [6.07, 6.45) is 92.6. The van der Waals surface area contributed by atoms with Crippen LogP contribution in [0.2, 0.25) is 0 Å². The summed E-state index contributed by atoms with van der Waals surface area (Å²) in [5, 5.41) is 9.73. The average Bonchev–Trinajstić information content (AvgIpc) is 3.46. The number of carbonyl (C=O) groups is 3. The highest BCUT2D eigenvalue weighted by Gasteiger charge is 2.25. The van der Waals surface area contributed by atoms with E-state index in [0.29, 0.717) is 17.4 Å². The van der Waals surface area contributed by atoms with Crippen molar-refractivity contribution in [3.8, 4) is 0 Å². The van der Waals surface area contributed by atoms with Crippen molar-refractivity contribution in [2.45, 2.75) is 219 Å². The molecule has 0 saturated heterocycles. The molecule has 9 nitrogen and oxygen atoms in total. The topological polar surface area (TPSA) is 108 Å². The monoisotopic (exact) mass is 1150 g/mol. The molecular weight excluding hydrogens is 1030 g/mol. The van der Waals surface area contributed by atoms with Gasteiger partial charge in [0, 0.05) is 12.8 Å². The van der Waals surface area contributed by atoms with Crippen molar-refractivity contribution in [2.24, 2.45) is 0 Å². The predicted molar refractivity (Wildman–Crippen MR) is 354 cm³/mol. The highest BCUT2D eigenvalue weighted by molar-refractivity contribution is 5.71. The largest absolute Gasteiger partial charge is 0.477 e. The molecule has 0 amide bonds. The van der Waals surface area contributed by atoms with Crippen molar-refractivity contribution in [2.75, 3.05) is 47.5 Å². The Morgan fingerprint density at radius 2 is 0.651 bits per heavy atom. The quantitative estimate of drug-likeness (QED) is 0.0211. The molecule has 0 aromatic rings. The van der Waals surface area contributed by atoms with Gasteiger partial charge in [-0.2, -0.15) is 0 Å². The zero-order valence-electron chi connectivity index (χ0n) is 52.8. The average molecular weight is 1150 g/mol. The second kappa shape index (κ2) is 62.4. The van der Waals surface area contributed by atoms with E-state index in [1.165, 1.54) is 19.3 Å². The minimum Gasteiger partial charge on any atom is -0.477 e. The fourth-order valence-electron chi connectivity index (χ4n) is 7.83. The van der Waals surface area contributed by atoms with Gasteiger partial charge in [-0.3, -0.25) is 9.59 Å². The number of rotatable bonds is 56. The molecule has 0 rings (SSSR count). The summed E-state index contributed by atoms with van der Waals surface area (Å²) in [7, 11) is 5.94. The SMILES string of the molecule is CC/C=C\C/C=C\C/C=C\C/C=C\C/C=C\C/C=C\C/C=C\C/C=C\CCCCCCC(=O)OC(COC(=O)CCCCCCCCC/C=C\C/C=C\C/C=C\C/C=C\C/C=C\C/C=C\C/C=C\CC)COC(OCC[N+](C)(C)C)C(=O)O. The minimum absolute atomic E-state index is 0.169. The maximum absolute atomic E-state index is 12.9. The molecule has 464 valence electrons. The summed E-state index contributed by atoms with van der Waals surface area (Å²) >= 11 is 0. The number of aliphatic carboxylic acids is 1. The van der Waals surface area contributed by atoms with Gasteiger partial charge in [0.1, 0.15) is 13.2 Å². The Kier molecular flexibility index (Phi) is 58.2. The number of hydrogen-bond donors (Lipinski definition) is 1. The van der Waals surface area contributed by atoms with Crippen LogP contribution in [0.3, 0.4) is 0 Å². The van der Waals surface area contributed by atoms with E-state index in [0.717, 1.165) is 154 Å². The summed E-state index contributed by atoms with van der Waals surface area (Å²) in [6, 6.07) is 0. The number of ether oxygens (including phenoxy) is 4. The molecule has 0 aromatic heterocycles. The molecule has 2 atom stereocenters. The van der Waals surface area contributed by atoms with Gasteiger partial charge in [-0.05, 0) is 135 Å². The Hall–Kier alpha value is -5.61. The predicted octanol–water partition coefficient (Wildman–Crippen LogP) is 19.7. The summed E-state index contributed by atoms with van der Waals surface area (Å²) in [4.78, 5) is 37.6. The molecule has 0 spiro atoms. The smallest absolute Gasteiger partial charge is 0.361 e. The van der Waals surface area contributed by atoms with Crippen LogP contribution < -0.4 is 0 Å². The van der Waals surface area contributed by atoms with E-state index in [4.69, 9.17) is 18.9 Å². The first kappa shape index (κ1) is 77.4. The van der Waals surface area contributed by atoms with Gasteiger partial charge in [0.25, 0.3) is 6.29 Å². The molecule has 0 aliphatic heterocycles. The summed E-state index contributed by atoms with van der Waals surface area (Å²) in [5.41, 5.74) is 0. The van der Waals surface area contributed by atoms with Crippen molar-refractivity contribution >= 4 is 17.9 Å².